The summed E-state index contributed by atoms with van der Waals surface area (Å²) in [6.07, 6.45) is 1.20. The van der Waals surface area contributed by atoms with Crippen LogP contribution in [0.25, 0.3) is 0 Å². The number of nitrogens with one attached hydrogen (secondary N) is 1. The normalized spacial score (nSPS) is 19.2. The van der Waals surface area contributed by atoms with Gasteiger partial charge in [0.1, 0.15) is 5.56 Å². The summed E-state index contributed by atoms with van der Waals surface area (Å²) in [5.74, 6) is 1.99. The number of rotatable bonds is 4. The van der Waals surface area contributed by atoms with E-state index >= 15 is 0 Å². The van der Waals surface area contributed by atoms with Gasteiger partial charge >= 0.3 is 5.97 Å². The third-order valence-corrected chi connectivity index (χ3v) is 4.38. The number of benzene rings is 1. The Bertz CT molecular complexity index is 419. The monoisotopic (exact) mass is 271 g/mol. The Morgan fingerprint density at radius 3 is 3.06 bits per heavy atom. The van der Waals surface area contributed by atoms with Crippen LogP contribution in [0.1, 0.15) is 16.8 Å². The molecule has 5 heteroatoms. The zero-order valence-corrected chi connectivity index (χ0v) is 10.9. The van der Waals surface area contributed by atoms with Crippen molar-refractivity contribution in [3.8, 4) is 0 Å². The average molecular weight is 272 g/mol. The number of carboxylic acid groups (broad SMARTS) is 1. The van der Waals surface area contributed by atoms with Crippen LogP contribution < -0.4 is 5.32 Å². The summed E-state index contributed by atoms with van der Waals surface area (Å²) in [5, 5.41) is 12.6. The van der Waals surface area contributed by atoms with E-state index in [1.807, 2.05) is 11.8 Å². The van der Waals surface area contributed by atoms with Gasteiger partial charge in [-0.05, 0) is 36.0 Å². The molecule has 1 aliphatic rings. The first-order chi connectivity index (χ1) is 8.18. The third-order valence-electron chi connectivity index (χ3n) is 2.83. The summed E-state index contributed by atoms with van der Waals surface area (Å²) < 4.78 is 0. The van der Waals surface area contributed by atoms with Crippen molar-refractivity contribution in [1.82, 2.24) is 0 Å². The number of halogens is 1. The molecule has 1 saturated heterocycles. The van der Waals surface area contributed by atoms with Crippen molar-refractivity contribution in [2.45, 2.75) is 6.42 Å². The smallest absolute Gasteiger partial charge is 0.339 e. The van der Waals surface area contributed by atoms with E-state index in [1.165, 1.54) is 12.2 Å². The quantitative estimate of drug-likeness (QED) is 0.883. The van der Waals surface area contributed by atoms with Crippen molar-refractivity contribution in [3.63, 3.8) is 0 Å². The SMILES string of the molecule is O=C(O)c1c(Cl)cccc1NCC1CCSC1. The highest BCUT2D eigenvalue weighted by Crippen LogP contribution is 2.27. The molecule has 0 bridgehead atoms. The van der Waals surface area contributed by atoms with Gasteiger partial charge in [0.15, 0.2) is 0 Å². The van der Waals surface area contributed by atoms with Gasteiger partial charge in [0.25, 0.3) is 0 Å². The molecule has 1 aliphatic heterocycles. The molecular formula is C12H14ClNO2S. The molecule has 3 nitrogen and oxygen atoms in total. The van der Waals surface area contributed by atoms with E-state index in [4.69, 9.17) is 16.7 Å². The van der Waals surface area contributed by atoms with Gasteiger partial charge in [0.05, 0.1) is 10.7 Å². The lowest BCUT2D eigenvalue weighted by molar-refractivity contribution is 0.0698. The Morgan fingerprint density at radius 1 is 1.59 bits per heavy atom. The molecule has 1 aromatic carbocycles. The van der Waals surface area contributed by atoms with E-state index in [2.05, 4.69) is 5.32 Å². The van der Waals surface area contributed by atoms with Crippen LogP contribution >= 0.6 is 23.4 Å². The maximum Gasteiger partial charge on any atom is 0.339 e. The molecule has 17 heavy (non-hydrogen) atoms. The maximum absolute atomic E-state index is 11.1. The minimum atomic E-state index is -0.987. The van der Waals surface area contributed by atoms with Crippen molar-refractivity contribution in [3.05, 3.63) is 28.8 Å². The number of aromatic carboxylic acids is 1. The number of anilines is 1. The van der Waals surface area contributed by atoms with Gasteiger partial charge in [0.2, 0.25) is 0 Å². The molecule has 0 aromatic heterocycles. The fourth-order valence-electron chi connectivity index (χ4n) is 1.89. The van der Waals surface area contributed by atoms with Gasteiger partial charge in [-0.3, -0.25) is 0 Å². The molecule has 2 N–H and O–H groups in total. The molecule has 0 amide bonds. The van der Waals surface area contributed by atoms with Crippen LogP contribution in [-0.2, 0) is 0 Å². The molecule has 0 radical (unpaired) electrons. The van der Waals surface area contributed by atoms with Gasteiger partial charge in [-0.15, -0.1) is 0 Å². The fourth-order valence-corrected chi connectivity index (χ4v) is 3.43. The average Bonchev–Trinajstić information content (AvgIpc) is 2.78. The summed E-state index contributed by atoms with van der Waals surface area (Å²) >= 11 is 7.84. The Morgan fingerprint density at radius 2 is 2.41 bits per heavy atom. The number of carboxylic acids is 1. The molecule has 0 spiro atoms. The highest BCUT2D eigenvalue weighted by atomic mass is 35.5. The van der Waals surface area contributed by atoms with Crippen LogP contribution in [0.5, 0.6) is 0 Å². The summed E-state index contributed by atoms with van der Waals surface area (Å²) in [7, 11) is 0. The topological polar surface area (TPSA) is 49.3 Å². The predicted octanol–water partition coefficient (Wildman–Crippen LogP) is 3.20. The summed E-state index contributed by atoms with van der Waals surface area (Å²) in [6.45, 7) is 0.813. The van der Waals surface area contributed by atoms with E-state index in [-0.39, 0.29) is 10.6 Å². The first kappa shape index (κ1) is 12.6. The second-order valence-corrected chi connectivity index (χ2v) is 5.64. The summed E-state index contributed by atoms with van der Waals surface area (Å²) in [6, 6.07) is 5.12. The van der Waals surface area contributed by atoms with Gasteiger partial charge in [-0.25, -0.2) is 4.79 Å². The minimum Gasteiger partial charge on any atom is -0.478 e. The van der Waals surface area contributed by atoms with Crippen molar-refractivity contribution < 1.29 is 9.90 Å². The van der Waals surface area contributed by atoms with E-state index in [1.54, 1.807) is 18.2 Å². The number of hydrogen-bond donors (Lipinski definition) is 2. The molecule has 1 atom stereocenters. The zero-order chi connectivity index (χ0) is 12.3. The molecule has 0 saturated carbocycles. The van der Waals surface area contributed by atoms with Gasteiger partial charge in [0, 0.05) is 6.54 Å². The van der Waals surface area contributed by atoms with Crippen molar-refractivity contribution in [2.24, 2.45) is 5.92 Å². The Balaban J connectivity index is 2.09. The van der Waals surface area contributed by atoms with E-state index in [0.29, 0.717) is 11.6 Å². The Kier molecular flexibility index (Phi) is 4.18. The first-order valence-corrected chi connectivity index (χ1v) is 7.05. The van der Waals surface area contributed by atoms with Crippen molar-refractivity contribution in [1.29, 1.82) is 0 Å². The second kappa shape index (κ2) is 5.65. The fraction of sp³-hybridized carbons (Fsp3) is 0.417. The lowest BCUT2D eigenvalue weighted by atomic mass is 10.1. The van der Waals surface area contributed by atoms with Crippen LogP contribution in [0.4, 0.5) is 5.69 Å². The Labute approximate surface area is 110 Å². The van der Waals surface area contributed by atoms with Gasteiger partial charge < -0.3 is 10.4 Å². The van der Waals surface area contributed by atoms with Gasteiger partial charge in [-0.1, -0.05) is 17.7 Å². The van der Waals surface area contributed by atoms with Crippen LogP contribution in [0.2, 0.25) is 5.02 Å². The van der Waals surface area contributed by atoms with Crippen LogP contribution in [0.3, 0.4) is 0 Å². The highest BCUT2D eigenvalue weighted by Gasteiger charge is 2.18. The van der Waals surface area contributed by atoms with Crippen molar-refractivity contribution >= 4 is 35.0 Å². The predicted molar refractivity (Wildman–Crippen MR) is 72.3 cm³/mol. The number of thioether (sulfide) groups is 1. The van der Waals surface area contributed by atoms with Gasteiger partial charge in [-0.2, -0.15) is 11.8 Å². The van der Waals surface area contributed by atoms with E-state index in [9.17, 15) is 4.79 Å². The second-order valence-electron chi connectivity index (χ2n) is 4.08. The van der Waals surface area contributed by atoms with Crippen LogP contribution in [0.15, 0.2) is 18.2 Å². The lowest BCUT2D eigenvalue weighted by Crippen LogP contribution is -2.15. The first-order valence-electron chi connectivity index (χ1n) is 5.52. The molecule has 1 heterocycles. The largest absolute Gasteiger partial charge is 0.478 e. The highest BCUT2D eigenvalue weighted by molar-refractivity contribution is 7.99. The molecule has 1 aromatic rings. The zero-order valence-electron chi connectivity index (χ0n) is 9.28. The molecule has 1 unspecified atom stereocenters. The Hall–Kier alpha value is -0.870. The minimum absolute atomic E-state index is 0.166. The molecule has 1 fully saturated rings. The van der Waals surface area contributed by atoms with Crippen LogP contribution in [0, 0.1) is 5.92 Å². The number of carbonyl (C=O) groups is 1. The number of hydrogen-bond acceptors (Lipinski definition) is 3. The standard InChI is InChI=1S/C12H14ClNO2S/c13-9-2-1-3-10(11(9)12(15)16)14-6-8-4-5-17-7-8/h1-3,8,14H,4-7H2,(H,15,16). The maximum atomic E-state index is 11.1. The van der Waals surface area contributed by atoms with E-state index < -0.39 is 5.97 Å². The third kappa shape index (κ3) is 3.07. The molecule has 0 aliphatic carbocycles. The molecule has 2 rings (SSSR count). The summed E-state index contributed by atoms with van der Waals surface area (Å²) in [5.41, 5.74) is 0.779. The van der Waals surface area contributed by atoms with E-state index in [0.717, 1.165) is 12.3 Å². The molecule has 92 valence electrons. The van der Waals surface area contributed by atoms with Crippen molar-refractivity contribution in [2.75, 3.05) is 23.4 Å². The molecular weight excluding hydrogens is 258 g/mol. The van der Waals surface area contributed by atoms with Crippen LogP contribution in [-0.4, -0.2) is 29.1 Å². The summed E-state index contributed by atoms with van der Waals surface area (Å²) in [4.78, 5) is 11.1. The lowest BCUT2D eigenvalue weighted by Gasteiger charge is -2.13.